The molecule has 0 bridgehead atoms. The number of nitrogens with zero attached hydrogens (tertiary/aromatic N) is 3. The fourth-order valence-electron chi connectivity index (χ4n) is 3.11. The van der Waals surface area contributed by atoms with E-state index in [1.165, 1.54) is 12.1 Å². The normalized spacial score (nSPS) is 10.9. The zero-order valence-corrected chi connectivity index (χ0v) is 16.0. The average molecular weight is 390 g/mol. The number of hydrogen-bond donors (Lipinski definition) is 1. The number of aromatic nitrogens is 3. The van der Waals surface area contributed by atoms with Crippen LogP contribution >= 0.6 is 0 Å². The number of nitrogens with one attached hydrogen (secondary N) is 1. The Morgan fingerprint density at radius 1 is 1.17 bits per heavy atom. The second kappa shape index (κ2) is 7.71. The van der Waals surface area contributed by atoms with Gasteiger partial charge in [-0.05, 0) is 37.6 Å². The first-order valence-corrected chi connectivity index (χ1v) is 9.11. The summed E-state index contributed by atoms with van der Waals surface area (Å²) in [6, 6.07) is 13.9. The number of anilines is 1. The number of benzene rings is 2. The molecule has 0 saturated carbocycles. The lowest BCUT2D eigenvalue weighted by atomic mass is 10.0. The standard InChI is InChI=1S/C22H19FN4O2/c1-14-4-3-5-17(10-14)21-20(15(2)29-26-21)22(28)25-19-11-24-27(13-19)12-16-6-8-18(23)9-7-16/h3-11,13H,12H2,1-2H3,(H,25,28). The maximum atomic E-state index is 13.0. The van der Waals surface area contributed by atoms with Crippen LogP contribution in [0.2, 0.25) is 0 Å². The molecule has 7 heteroatoms. The molecular formula is C22H19FN4O2. The van der Waals surface area contributed by atoms with E-state index < -0.39 is 0 Å². The van der Waals surface area contributed by atoms with Crippen molar-refractivity contribution in [1.29, 1.82) is 0 Å². The molecule has 146 valence electrons. The minimum atomic E-state index is -0.318. The van der Waals surface area contributed by atoms with Crippen LogP contribution in [0.3, 0.4) is 0 Å². The first-order chi connectivity index (χ1) is 14.0. The van der Waals surface area contributed by atoms with Gasteiger partial charge >= 0.3 is 0 Å². The molecule has 29 heavy (non-hydrogen) atoms. The number of hydrogen-bond acceptors (Lipinski definition) is 4. The summed E-state index contributed by atoms with van der Waals surface area (Å²) in [4.78, 5) is 12.9. The van der Waals surface area contributed by atoms with E-state index >= 15 is 0 Å². The number of carbonyl (C=O) groups is 1. The summed E-state index contributed by atoms with van der Waals surface area (Å²) < 4.78 is 20.0. The van der Waals surface area contributed by atoms with Gasteiger partial charge in [-0.25, -0.2) is 4.39 Å². The van der Waals surface area contributed by atoms with Gasteiger partial charge in [0, 0.05) is 11.8 Å². The summed E-state index contributed by atoms with van der Waals surface area (Å²) >= 11 is 0. The summed E-state index contributed by atoms with van der Waals surface area (Å²) in [5.74, 6) is -0.157. The molecule has 0 radical (unpaired) electrons. The molecule has 6 nitrogen and oxygen atoms in total. The van der Waals surface area contributed by atoms with Crippen molar-refractivity contribution in [2.45, 2.75) is 20.4 Å². The third-order valence-corrected chi connectivity index (χ3v) is 4.53. The van der Waals surface area contributed by atoms with Crippen LogP contribution < -0.4 is 5.32 Å². The molecule has 0 unspecified atom stereocenters. The molecule has 2 heterocycles. The van der Waals surface area contributed by atoms with Crippen LogP contribution in [0.1, 0.15) is 27.2 Å². The first kappa shape index (κ1) is 18.6. The Bertz CT molecular complexity index is 1160. The molecule has 1 N–H and O–H groups in total. The van der Waals surface area contributed by atoms with Gasteiger partial charge < -0.3 is 9.84 Å². The largest absolute Gasteiger partial charge is 0.360 e. The molecule has 0 atom stereocenters. The Hall–Kier alpha value is -3.74. The van der Waals surface area contributed by atoms with E-state index in [0.717, 1.165) is 16.7 Å². The fourth-order valence-corrected chi connectivity index (χ4v) is 3.11. The highest BCUT2D eigenvalue weighted by atomic mass is 19.1. The molecule has 2 aromatic carbocycles. The SMILES string of the molecule is Cc1cccc(-c2noc(C)c2C(=O)Nc2cnn(Cc3ccc(F)cc3)c2)c1. The molecule has 0 spiro atoms. The van der Waals surface area contributed by atoms with Crippen LogP contribution in [0.25, 0.3) is 11.3 Å². The van der Waals surface area contributed by atoms with E-state index in [-0.39, 0.29) is 11.7 Å². The molecule has 0 saturated heterocycles. The van der Waals surface area contributed by atoms with Crippen molar-refractivity contribution in [2.24, 2.45) is 0 Å². The van der Waals surface area contributed by atoms with Gasteiger partial charge in [0.1, 0.15) is 22.8 Å². The molecule has 0 aliphatic rings. The fraction of sp³-hybridized carbons (Fsp3) is 0.136. The minimum Gasteiger partial charge on any atom is -0.360 e. The van der Waals surface area contributed by atoms with E-state index in [1.54, 1.807) is 36.1 Å². The van der Waals surface area contributed by atoms with Crippen LogP contribution in [-0.2, 0) is 6.54 Å². The maximum Gasteiger partial charge on any atom is 0.261 e. The van der Waals surface area contributed by atoms with Crippen molar-refractivity contribution in [3.8, 4) is 11.3 Å². The quantitative estimate of drug-likeness (QED) is 0.541. The Labute approximate surface area is 167 Å². The second-order valence-corrected chi connectivity index (χ2v) is 6.84. The van der Waals surface area contributed by atoms with Gasteiger partial charge in [0.25, 0.3) is 5.91 Å². The summed E-state index contributed by atoms with van der Waals surface area (Å²) in [6.07, 6.45) is 3.28. The average Bonchev–Trinajstić information content (AvgIpc) is 3.30. The van der Waals surface area contributed by atoms with Gasteiger partial charge in [0.2, 0.25) is 0 Å². The van der Waals surface area contributed by atoms with Gasteiger partial charge in [0.05, 0.1) is 18.4 Å². The Morgan fingerprint density at radius 3 is 2.72 bits per heavy atom. The monoisotopic (exact) mass is 390 g/mol. The number of rotatable bonds is 5. The molecule has 4 rings (SSSR count). The van der Waals surface area contributed by atoms with Gasteiger partial charge in [-0.3, -0.25) is 9.48 Å². The van der Waals surface area contributed by atoms with E-state index in [9.17, 15) is 9.18 Å². The first-order valence-electron chi connectivity index (χ1n) is 9.11. The van der Waals surface area contributed by atoms with Crippen LogP contribution in [0.15, 0.2) is 65.4 Å². The van der Waals surface area contributed by atoms with Crippen molar-refractivity contribution < 1.29 is 13.7 Å². The third-order valence-electron chi connectivity index (χ3n) is 4.53. The smallest absolute Gasteiger partial charge is 0.261 e. The Balaban J connectivity index is 1.53. The Kier molecular flexibility index (Phi) is 4.95. The molecule has 0 aliphatic heterocycles. The van der Waals surface area contributed by atoms with E-state index in [0.29, 0.717) is 29.2 Å². The third kappa shape index (κ3) is 4.08. The zero-order valence-electron chi connectivity index (χ0n) is 16.0. The van der Waals surface area contributed by atoms with E-state index in [4.69, 9.17) is 4.52 Å². The number of amides is 1. The second-order valence-electron chi connectivity index (χ2n) is 6.84. The molecule has 4 aromatic rings. The van der Waals surface area contributed by atoms with Crippen LogP contribution in [0, 0.1) is 19.7 Å². The molecule has 2 aromatic heterocycles. The summed E-state index contributed by atoms with van der Waals surface area (Å²) in [5, 5.41) is 11.2. The lowest BCUT2D eigenvalue weighted by molar-refractivity contribution is 0.102. The van der Waals surface area contributed by atoms with Gasteiger partial charge in [-0.2, -0.15) is 5.10 Å². The highest BCUT2D eigenvalue weighted by molar-refractivity contribution is 6.08. The minimum absolute atomic E-state index is 0.282. The summed E-state index contributed by atoms with van der Waals surface area (Å²) in [6.45, 7) is 4.15. The van der Waals surface area contributed by atoms with Crippen molar-refractivity contribution in [1.82, 2.24) is 14.9 Å². The lowest BCUT2D eigenvalue weighted by Crippen LogP contribution is -2.13. The number of aryl methyl sites for hydroxylation is 2. The number of carbonyl (C=O) groups excluding carboxylic acids is 1. The predicted octanol–water partition coefficient (Wildman–Crippen LogP) is 4.59. The highest BCUT2D eigenvalue weighted by Crippen LogP contribution is 2.26. The van der Waals surface area contributed by atoms with Crippen molar-refractivity contribution >= 4 is 11.6 Å². The van der Waals surface area contributed by atoms with Gasteiger partial charge in [-0.1, -0.05) is 41.1 Å². The van der Waals surface area contributed by atoms with E-state index in [2.05, 4.69) is 15.6 Å². The number of halogens is 1. The lowest BCUT2D eigenvalue weighted by Gasteiger charge is -2.05. The van der Waals surface area contributed by atoms with Gasteiger partial charge in [-0.15, -0.1) is 0 Å². The molecule has 0 aliphatic carbocycles. The molecule has 1 amide bonds. The highest BCUT2D eigenvalue weighted by Gasteiger charge is 2.22. The van der Waals surface area contributed by atoms with Crippen molar-refractivity contribution in [3.63, 3.8) is 0 Å². The van der Waals surface area contributed by atoms with Crippen LogP contribution in [0.4, 0.5) is 10.1 Å². The Morgan fingerprint density at radius 2 is 1.97 bits per heavy atom. The maximum absolute atomic E-state index is 13.0. The van der Waals surface area contributed by atoms with Crippen molar-refractivity contribution in [3.05, 3.63) is 89.2 Å². The molecule has 0 fully saturated rings. The summed E-state index contributed by atoms with van der Waals surface area (Å²) in [5.41, 5.74) is 4.23. The predicted molar refractivity (Wildman–Crippen MR) is 107 cm³/mol. The molecular weight excluding hydrogens is 371 g/mol. The summed E-state index contributed by atoms with van der Waals surface area (Å²) in [7, 11) is 0. The van der Waals surface area contributed by atoms with Crippen LogP contribution in [0.5, 0.6) is 0 Å². The van der Waals surface area contributed by atoms with Crippen molar-refractivity contribution in [2.75, 3.05) is 5.32 Å². The topological polar surface area (TPSA) is 73.0 Å². The van der Waals surface area contributed by atoms with Crippen LogP contribution in [-0.4, -0.2) is 20.8 Å². The zero-order chi connectivity index (χ0) is 20.4. The van der Waals surface area contributed by atoms with E-state index in [1.807, 2.05) is 31.2 Å². The van der Waals surface area contributed by atoms with Gasteiger partial charge in [0.15, 0.2) is 0 Å².